The summed E-state index contributed by atoms with van der Waals surface area (Å²) in [6.45, 7) is -0.195. The van der Waals surface area contributed by atoms with E-state index in [4.69, 9.17) is 4.74 Å². The third-order valence-corrected chi connectivity index (χ3v) is 3.10. The minimum absolute atomic E-state index is 0.195. The first-order valence-corrected chi connectivity index (χ1v) is 7.07. The molecule has 0 aromatic heterocycles. The normalized spacial score (nSPS) is 10.6. The maximum absolute atomic E-state index is 11.6. The van der Waals surface area contributed by atoms with Gasteiger partial charge in [-0.25, -0.2) is 5.43 Å². The van der Waals surface area contributed by atoms with E-state index < -0.39 is 5.91 Å². The van der Waals surface area contributed by atoms with Gasteiger partial charge in [0.25, 0.3) is 5.91 Å². The lowest BCUT2D eigenvalue weighted by molar-refractivity contribution is -0.123. The van der Waals surface area contributed by atoms with Gasteiger partial charge in [0.2, 0.25) is 0 Å². The molecule has 6 nitrogen and oxygen atoms in total. The van der Waals surface area contributed by atoms with Crippen LogP contribution in [0, 0.1) is 0 Å². The Kier molecular flexibility index (Phi) is 5.37. The molecule has 0 saturated heterocycles. The number of amides is 1. The molecule has 7 heteroatoms. The minimum atomic E-state index is -0.448. The van der Waals surface area contributed by atoms with Crippen molar-refractivity contribution in [2.75, 3.05) is 6.61 Å². The molecule has 1 amide bonds. The summed E-state index contributed by atoms with van der Waals surface area (Å²) in [6.07, 6.45) is 1.23. The van der Waals surface area contributed by atoms with E-state index in [-0.39, 0.29) is 23.7 Å². The molecular formula is C15H13BrN2O4. The maximum atomic E-state index is 11.6. The standard InChI is InChI=1S/C15H13BrN2O4/c16-11-4-2-5-12(7-11)22-9-14(20)18-17-8-10-3-1-6-13(19)15(10)21/h1-8,19,21H,9H2,(H,18,20)/b17-8+. The zero-order valence-corrected chi connectivity index (χ0v) is 12.9. The number of hydrazone groups is 1. The Morgan fingerprint density at radius 1 is 1.27 bits per heavy atom. The molecule has 2 aromatic carbocycles. The summed E-state index contributed by atoms with van der Waals surface area (Å²) in [7, 11) is 0. The van der Waals surface area contributed by atoms with Gasteiger partial charge in [0.15, 0.2) is 18.1 Å². The van der Waals surface area contributed by atoms with Crippen LogP contribution < -0.4 is 10.2 Å². The number of para-hydroxylation sites is 1. The van der Waals surface area contributed by atoms with Gasteiger partial charge < -0.3 is 14.9 Å². The van der Waals surface area contributed by atoms with Crippen LogP contribution in [0.3, 0.4) is 0 Å². The molecule has 0 radical (unpaired) electrons. The van der Waals surface area contributed by atoms with E-state index in [1.54, 1.807) is 30.3 Å². The van der Waals surface area contributed by atoms with Gasteiger partial charge in [-0.05, 0) is 30.3 Å². The molecule has 0 unspecified atom stereocenters. The third kappa shape index (κ3) is 4.49. The van der Waals surface area contributed by atoms with Gasteiger partial charge in [-0.2, -0.15) is 5.10 Å². The average Bonchev–Trinajstić information content (AvgIpc) is 2.49. The predicted octanol–water partition coefficient (Wildman–Crippen LogP) is 2.39. The second kappa shape index (κ2) is 7.46. The van der Waals surface area contributed by atoms with Crippen molar-refractivity contribution in [2.45, 2.75) is 0 Å². The number of nitrogens with zero attached hydrogens (tertiary/aromatic N) is 1. The largest absolute Gasteiger partial charge is 0.504 e. The fraction of sp³-hybridized carbons (Fsp3) is 0.0667. The molecule has 0 heterocycles. The number of phenols is 2. The molecule has 22 heavy (non-hydrogen) atoms. The zero-order chi connectivity index (χ0) is 15.9. The van der Waals surface area contributed by atoms with Crippen LogP contribution in [0.5, 0.6) is 17.2 Å². The monoisotopic (exact) mass is 364 g/mol. The molecule has 0 atom stereocenters. The fourth-order valence-corrected chi connectivity index (χ4v) is 1.94. The summed E-state index contributed by atoms with van der Waals surface area (Å²) < 4.78 is 6.14. The number of halogens is 1. The lowest BCUT2D eigenvalue weighted by Gasteiger charge is -2.05. The highest BCUT2D eigenvalue weighted by atomic mass is 79.9. The van der Waals surface area contributed by atoms with E-state index in [1.165, 1.54) is 12.3 Å². The topological polar surface area (TPSA) is 91.2 Å². The Hall–Kier alpha value is -2.54. The first-order valence-electron chi connectivity index (χ1n) is 6.27. The van der Waals surface area contributed by atoms with Crippen molar-refractivity contribution in [3.05, 3.63) is 52.5 Å². The van der Waals surface area contributed by atoms with Crippen LogP contribution in [0.15, 0.2) is 52.0 Å². The number of hydrogen-bond acceptors (Lipinski definition) is 5. The second-order valence-corrected chi connectivity index (χ2v) is 5.17. The van der Waals surface area contributed by atoms with Crippen LogP contribution >= 0.6 is 15.9 Å². The van der Waals surface area contributed by atoms with Crippen molar-refractivity contribution in [3.63, 3.8) is 0 Å². The Morgan fingerprint density at radius 2 is 2.05 bits per heavy atom. The van der Waals surface area contributed by atoms with E-state index in [0.717, 1.165) is 4.47 Å². The number of nitrogens with one attached hydrogen (secondary N) is 1. The quantitative estimate of drug-likeness (QED) is 0.431. The van der Waals surface area contributed by atoms with Crippen LogP contribution in [0.1, 0.15) is 5.56 Å². The van der Waals surface area contributed by atoms with Crippen molar-refractivity contribution in [1.82, 2.24) is 5.43 Å². The molecule has 0 aliphatic heterocycles. The lowest BCUT2D eigenvalue weighted by atomic mass is 10.2. The number of carbonyl (C=O) groups is 1. The summed E-state index contributed by atoms with van der Waals surface area (Å²) in [5.74, 6) is -0.450. The molecule has 2 rings (SSSR count). The molecular weight excluding hydrogens is 352 g/mol. The summed E-state index contributed by atoms with van der Waals surface area (Å²) in [5.41, 5.74) is 2.55. The number of hydrogen-bond donors (Lipinski definition) is 3. The fourth-order valence-electron chi connectivity index (χ4n) is 1.56. The van der Waals surface area contributed by atoms with Gasteiger partial charge in [-0.3, -0.25) is 4.79 Å². The lowest BCUT2D eigenvalue weighted by Crippen LogP contribution is -2.24. The van der Waals surface area contributed by atoms with Gasteiger partial charge in [0, 0.05) is 10.0 Å². The molecule has 0 aliphatic rings. The van der Waals surface area contributed by atoms with Crippen molar-refractivity contribution in [1.29, 1.82) is 0 Å². The minimum Gasteiger partial charge on any atom is -0.504 e. The number of rotatable bonds is 5. The first-order chi connectivity index (χ1) is 10.6. The summed E-state index contributed by atoms with van der Waals surface area (Å²) >= 11 is 3.30. The molecule has 0 aliphatic carbocycles. The SMILES string of the molecule is O=C(COc1cccc(Br)c1)N/N=C/c1cccc(O)c1O. The smallest absolute Gasteiger partial charge is 0.277 e. The summed E-state index contributed by atoms with van der Waals surface area (Å²) in [5, 5.41) is 22.6. The van der Waals surface area contributed by atoms with Gasteiger partial charge >= 0.3 is 0 Å². The first kappa shape index (κ1) is 15.8. The number of ether oxygens (including phenoxy) is 1. The molecule has 3 N–H and O–H groups in total. The molecule has 0 spiro atoms. The number of carbonyl (C=O) groups excluding carboxylic acids is 1. The molecule has 0 fully saturated rings. The molecule has 0 bridgehead atoms. The van der Waals surface area contributed by atoms with E-state index in [1.807, 2.05) is 6.07 Å². The second-order valence-electron chi connectivity index (χ2n) is 4.25. The Morgan fingerprint density at radius 3 is 2.82 bits per heavy atom. The van der Waals surface area contributed by atoms with E-state index in [2.05, 4.69) is 26.5 Å². The van der Waals surface area contributed by atoms with Crippen LogP contribution in [-0.4, -0.2) is 28.9 Å². The zero-order valence-electron chi connectivity index (χ0n) is 11.4. The van der Waals surface area contributed by atoms with E-state index >= 15 is 0 Å². The van der Waals surface area contributed by atoms with Crippen LogP contribution in [-0.2, 0) is 4.79 Å². The van der Waals surface area contributed by atoms with Gasteiger partial charge in [0.1, 0.15) is 5.75 Å². The summed E-state index contributed by atoms with van der Waals surface area (Å²) in [4.78, 5) is 11.6. The van der Waals surface area contributed by atoms with Crippen molar-refractivity contribution >= 4 is 28.1 Å². The summed E-state index contributed by atoms with van der Waals surface area (Å²) in [6, 6.07) is 11.5. The van der Waals surface area contributed by atoms with Crippen LogP contribution in [0.2, 0.25) is 0 Å². The number of aromatic hydroxyl groups is 2. The Bertz CT molecular complexity index is 704. The Labute approximate surface area is 135 Å². The Balaban J connectivity index is 1.85. The van der Waals surface area contributed by atoms with Gasteiger partial charge in [-0.15, -0.1) is 0 Å². The van der Waals surface area contributed by atoms with E-state index in [0.29, 0.717) is 5.75 Å². The van der Waals surface area contributed by atoms with Crippen molar-refractivity contribution in [2.24, 2.45) is 5.10 Å². The molecule has 2 aromatic rings. The van der Waals surface area contributed by atoms with Crippen LogP contribution in [0.25, 0.3) is 0 Å². The van der Waals surface area contributed by atoms with Crippen molar-refractivity contribution < 1.29 is 19.7 Å². The highest BCUT2D eigenvalue weighted by Crippen LogP contribution is 2.26. The molecule has 0 saturated carbocycles. The van der Waals surface area contributed by atoms with E-state index in [9.17, 15) is 15.0 Å². The van der Waals surface area contributed by atoms with Crippen molar-refractivity contribution in [3.8, 4) is 17.2 Å². The van der Waals surface area contributed by atoms with Crippen LogP contribution in [0.4, 0.5) is 0 Å². The van der Waals surface area contributed by atoms with Gasteiger partial charge in [-0.1, -0.05) is 28.1 Å². The van der Waals surface area contributed by atoms with Gasteiger partial charge in [0.05, 0.1) is 6.21 Å². The highest BCUT2D eigenvalue weighted by molar-refractivity contribution is 9.10. The number of benzene rings is 2. The third-order valence-electron chi connectivity index (χ3n) is 2.60. The number of phenolic OH excluding ortho intramolecular Hbond substituents is 2. The predicted molar refractivity (Wildman–Crippen MR) is 85.1 cm³/mol. The molecule has 114 valence electrons. The average molecular weight is 365 g/mol. The maximum Gasteiger partial charge on any atom is 0.277 e. The highest BCUT2D eigenvalue weighted by Gasteiger charge is 2.04.